The van der Waals surface area contributed by atoms with E-state index in [1.54, 1.807) is 0 Å². The number of phenols is 2. The molecule has 0 spiro atoms. The predicted molar refractivity (Wildman–Crippen MR) is 161 cm³/mol. The SMILES string of the molecule is COC(=O)c1cc(OC)c(O)c2occ(-c3c(C(C)=O)cc4c(=O)c5c(C(=O)OC)cc(OC)c(O)c5oc4c3C(C)=O)c(=O)c12. The zero-order chi connectivity index (χ0) is 33.8. The summed E-state index contributed by atoms with van der Waals surface area (Å²) in [6.07, 6.45) is 0.861. The first-order chi connectivity index (χ1) is 21.8. The maximum absolute atomic E-state index is 14.1. The molecule has 0 fully saturated rings. The second-order valence-corrected chi connectivity index (χ2v) is 9.91. The van der Waals surface area contributed by atoms with Crippen LogP contribution >= 0.6 is 0 Å². The summed E-state index contributed by atoms with van der Waals surface area (Å²) >= 11 is 0. The number of esters is 2. The van der Waals surface area contributed by atoms with E-state index in [9.17, 15) is 39.0 Å². The van der Waals surface area contributed by atoms with Crippen molar-refractivity contribution in [2.24, 2.45) is 0 Å². The van der Waals surface area contributed by atoms with Crippen molar-refractivity contribution in [3.63, 3.8) is 0 Å². The summed E-state index contributed by atoms with van der Waals surface area (Å²) in [6, 6.07) is 3.20. The van der Waals surface area contributed by atoms with Gasteiger partial charge < -0.3 is 38.0 Å². The maximum Gasteiger partial charge on any atom is 0.338 e. The van der Waals surface area contributed by atoms with Crippen molar-refractivity contribution < 1.29 is 57.2 Å². The van der Waals surface area contributed by atoms with Crippen LogP contribution in [0.1, 0.15) is 55.3 Å². The number of Topliss-reactive ketones (excluding diaryl/α,β-unsaturated/α-hetero) is 2. The van der Waals surface area contributed by atoms with Gasteiger partial charge in [-0.25, -0.2) is 9.59 Å². The predicted octanol–water partition coefficient (Wildman–Crippen LogP) is 4.13. The molecule has 2 aromatic heterocycles. The van der Waals surface area contributed by atoms with Crippen molar-refractivity contribution in [2.75, 3.05) is 28.4 Å². The lowest BCUT2D eigenvalue weighted by atomic mass is 9.88. The Balaban J connectivity index is 2.05. The first-order valence-electron chi connectivity index (χ1n) is 13.2. The molecule has 0 atom stereocenters. The first-order valence-corrected chi connectivity index (χ1v) is 13.2. The molecule has 0 unspecified atom stereocenters. The van der Waals surface area contributed by atoms with Gasteiger partial charge in [-0.15, -0.1) is 0 Å². The van der Waals surface area contributed by atoms with Crippen molar-refractivity contribution in [1.29, 1.82) is 0 Å². The van der Waals surface area contributed by atoms with Crippen LogP contribution in [0.25, 0.3) is 44.0 Å². The Morgan fingerprint density at radius 3 is 1.67 bits per heavy atom. The third-order valence-electron chi connectivity index (χ3n) is 7.41. The number of aromatic hydroxyl groups is 2. The fourth-order valence-corrected chi connectivity index (χ4v) is 5.31. The van der Waals surface area contributed by atoms with E-state index < -0.39 is 84.5 Å². The lowest BCUT2D eigenvalue weighted by Crippen LogP contribution is -2.17. The van der Waals surface area contributed by atoms with Crippen LogP contribution < -0.4 is 20.3 Å². The summed E-state index contributed by atoms with van der Waals surface area (Å²) in [5.74, 6) is -5.23. The third-order valence-corrected chi connectivity index (χ3v) is 7.41. The van der Waals surface area contributed by atoms with Gasteiger partial charge in [-0.1, -0.05) is 0 Å². The van der Waals surface area contributed by atoms with Gasteiger partial charge in [0.2, 0.25) is 22.4 Å². The van der Waals surface area contributed by atoms with E-state index in [2.05, 4.69) is 0 Å². The average molecular weight is 633 g/mol. The number of methoxy groups -OCH3 is 4. The monoisotopic (exact) mass is 632 g/mol. The Labute approximate surface area is 257 Å². The van der Waals surface area contributed by atoms with E-state index in [0.717, 1.165) is 52.5 Å². The molecule has 0 bridgehead atoms. The van der Waals surface area contributed by atoms with Crippen LogP contribution in [-0.2, 0) is 9.47 Å². The normalized spacial score (nSPS) is 11.1. The Hall–Kier alpha value is -6.18. The number of benzene rings is 3. The molecule has 236 valence electrons. The first kappa shape index (κ1) is 31.3. The molecule has 46 heavy (non-hydrogen) atoms. The van der Waals surface area contributed by atoms with E-state index in [4.69, 9.17) is 27.8 Å². The highest BCUT2D eigenvalue weighted by molar-refractivity contribution is 6.19. The van der Waals surface area contributed by atoms with Gasteiger partial charge in [-0.2, -0.15) is 0 Å². The molecule has 14 heteroatoms. The van der Waals surface area contributed by atoms with Crippen LogP contribution in [0.3, 0.4) is 0 Å². The van der Waals surface area contributed by atoms with Gasteiger partial charge in [0.15, 0.2) is 34.2 Å². The van der Waals surface area contributed by atoms with Crippen molar-refractivity contribution in [1.82, 2.24) is 0 Å². The van der Waals surface area contributed by atoms with Gasteiger partial charge in [0, 0.05) is 11.1 Å². The highest BCUT2D eigenvalue weighted by Gasteiger charge is 2.31. The van der Waals surface area contributed by atoms with Gasteiger partial charge in [-0.3, -0.25) is 19.2 Å². The molecule has 14 nitrogen and oxygen atoms in total. The lowest BCUT2D eigenvalue weighted by Gasteiger charge is -2.17. The van der Waals surface area contributed by atoms with Gasteiger partial charge in [0.25, 0.3) is 0 Å². The molecule has 2 heterocycles. The van der Waals surface area contributed by atoms with Crippen LogP contribution in [-0.4, -0.2) is 62.2 Å². The quantitative estimate of drug-likeness (QED) is 0.147. The highest BCUT2D eigenvalue weighted by atomic mass is 16.5. The van der Waals surface area contributed by atoms with Crippen LogP contribution in [0.15, 0.2) is 42.9 Å². The van der Waals surface area contributed by atoms with E-state index in [1.165, 1.54) is 14.2 Å². The third kappa shape index (κ3) is 4.49. The molecular formula is C32H24O14. The molecular weight excluding hydrogens is 608 g/mol. The molecule has 3 aromatic carbocycles. The zero-order valence-corrected chi connectivity index (χ0v) is 25.1. The van der Waals surface area contributed by atoms with Crippen molar-refractivity contribution in [2.45, 2.75) is 13.8 Å². The summed E-state index contributed by atoms with van der Waals surface area (Å²) in [5, 5.41) is 20.4. The molecule has 5 aromatic rings. The number of hydrogen-bond acceptors (Lipinski definition) is 14. The number of phenolic OH excluding ortho intramolecular Hbond substituents is 2. The fourth-order valence-electron chi connectivity index (χ4n) is 5.31. The average Bonchev–Trinajstić information content (AvgIpc) is 3.04. The Morgan fingerprint density at radius 2 is 1.20 bits per heavy atom. The molecule has 0 saturated heterocycles. The number of ketones is 2. The van der Waals surface area contributed by atoms with Crippen LogP contribution in [0.4, 0.5) is 0 Å². The topological polar surface area (TPSA) is 206 Å². The fraction of sp³-hybridized carbons (Fsp3) is 0.188. The number of ether oxygens (including phenoxy) is 4. The lowest BCUT2D eigenvalue weighted by molar-refractivity contribution is 0.0593. The largest absolute Gasteiger partial charge is 0.502 e. The van der Waals surface area contributed by atoms with E-state index in [1.807, 2.05) is 0 Å². The Morgan fingerprint density at radius 1 is 0.674 bits per heavy atom. The second-order valence-electron chi connectivity index (χ2n) is 9.91. The Kier molecular flexibility index (Phi) is 7.74. The number of hydrogen-bond donors (Lipinski definition) is 2. The van der Waals surface area contributed by atoms with Gasteiger partial charge in [0.05, 0.1) is 66.9 Å². The summed E-state index contributed by atoms with van der Waals surface area (Å²) in [6.45, 7) is 2.20. The van der Waals surface area contributed by atoms with Crippen molar-refractivity contribution >= 4 is 56.4 Å². The van der Waals surface area contributed by atoms with E-state index >= 15 is 0 Å². The molecule has 0 aliphatic carbocycles. The van der Waals surface area contributed by atoms with Gasteiger partial charge in [0.1, 0.15) is 11.8 Å². The smallest absolute Gasteiger partial charge is 0.338 e. The molecule has 5 rings (SSSR count). The molecule has 0 saturated carbocycles. The van der Waals surface area contributed by atoms with Crippen molar-refractivity contribution in [3.05, 3.63) is 67.2 Å². The summed E-state index contributed by atoms with van der Waals surface area (Å²) < 4.78 is 31.4. The minimum absolute atomic E-state index is 0.210. The summed E-state index contributed by atoms with van der Waals surface area (Å²) in [7, 11) is 4.53. The number of carbonyl (C=O) groups is 4. The van der Waals surface area contributed by atoms with Crippen LogP contribution in [0.5, 0.6) is 23.0 Å². The highest BCUT2D eigenvalue weighted by Crippen LogP contribution is 2.42. The van der Waals surface area contributed by atoms with E-state index in [-0.39, 0.29) is 39.1 Å². The second kappa shape index (κ2) is 11.4. The standard InChI is InChI=1S/C32H24O14/c1-11(33)13-7-16-24(35)23-15(32(40)44-6)9-19(42-4)27(38)30(23)46-28(16)20(12(2)34)21(13)17-10-45-29-22(25(17)36)14(31(39)43-5)8-18(41-3)26(29)37/h7-10,37-38H,1-6H3. The molecule has 0 aliphatic rings. The minimum Gasteiger partial charge on any atom is -0.502 e. The maximum atomic E-state index is 14.1. The minimum atomic E-state index is -0.992. The van der Waals surface area contributed by atoms with Gasteiger partial charge in [-0.05, 0) is 32.0 Å². The number of rotatable bonds is 7. The molecule has 0 amide bonds. The summed E-state index contributed by atoms with van der Waals surface area (Å²) in [5.41, 5.74) is -5.51. The van der Waals surface area contributed by atoms with Gasteiger partial charge >= 0.3 is 11.9 Å². The molecule has 2 N–H and O–H groups in total. The van der Waals surface area contributed by atoms with Crippen LogP contribution in [0, 0.1) is 0 Å². The van der Waals surface area contributed by atoms with Crippen LogP contribution in [0.2, 0.25) is 0 Å². The molecule has 0 radical (unpaired) electrons. The number of fused-ring (bicyclic) bond motifs is 3. The van der Waals surface area contributed by atoms with E-state index in [0.29, 0.717) is 0 Å². The Bertz CT molecular complexity index is 2310. The molecule has 0 aliphatic heterocycles. The summed E-state index contributed by atoms with van der Waals surface area (Å²) in [4.78, 5) is 79.9. The van der Waals surface area contributed by atoms with Crippen molar-refractivity contribution in [3.8, 4) is 34.1 Å². The number of carbonyl (C=O) groups excluding carboxylic acids is 4. The zero-order valence-electron chi connectivity index (χ0n) is 25.1.